The van der Waals surface area contributed by atoms with Crippen molar-refractivity contribution >= 4 is 5.97 Å². The standard InChI is InChI=1S/C10H11FN2O2/c11-8-3-7(4-12-6-8)5-13-10(1-2-10)9(14)15/h3-4,6,13H,1-2,5H2,(H,14,15). The molecule has 1 heterocycles. The van der Waals surface area contributed by atoms with Crippen molar-refractivity contribution in [2.75, 3.05) is 0 Å². The SMILES string of the molecule is O=C(O)C1(NCc2cncc(F)c2)CC1. The van der Waals surface area contributed by atoms with Crippen molar-refractivity contribution in [1.82, 2.24) is 10.3 Å². The Hall–Kier alpha value is -1.49. The molecule has 0 bridgehead atoms. The Balaban J connectivity index is 1.96. The summed E-state index contributed by atoms with van der Waals surface area (Å²) < 4.78 is 12.8. The van der Waals surface area contributed by atoms with Crippen molar-refractivity contribution < 1.29 is 14.3 Å². The molecule has 2 rings (SSSR count). The Morgan fingerprint density at radius 2 is 2.33 bits per heavy atom. The molecule has 80 valence electrons. The van der Waals surface area contributed by atoms with Gasteiger partial charge < -0.3 is 5.11 Å². The molecule has 0 amide bonds. The zero-order valence-electron chi connectivity index (χ0n) is 8.03. The maximum Gasteiger partial charge on any atom is 0.323 e. The van der Waals surface area contributed by atoms with Crippen LogP contribution >= 0.6 is 0 Å². The van der Waals surface area contributed by atoms with Crippen LogP contribution in [-0.2, 0) is 11.3 Å². The molecule has 0 saturated heterocycles. The van der Waals surface area contributed by atoms with Gasteiger partial charge in [0.05, 0.1) is 6.20 Å². The third-order valence-corrected chi connectivity index (χ3v) is 2.55. The zero-order chi connectivity index (χ0) is 10.9. The van der Waals surface area contributed by atoms with E-state index in [-0.39, 0.29) is 0 Å². The third kappa shape index (κ3) is 2.12. The van der Waals surface area contributed by atoms with Crippen LogP contribution in [0.4, 0.5) is 4.39 Å². The Bertz CT molecular complexity index is 391. The van der Waals surface area contributed by atoms with E-state index < -0.39 is 17.3 Å². The highest BCUT2D eigenvalue weighted by Crippen LogP contribution is 2.35. The summed E-state index contributed by atoms with van der Waals surface area (Å²) in [5, 5.41) is 11.8. The third-order valence-electron chi connectivity index (χ3n) is 2.55. The highest BCUT2D eigenvalue weighted by atomic mass is 19.1. The maximum atomic E-state index is 12.8. The summed E-state index contributed by atoms with van der Waals surface area (Å²) in [6.45, 7) is 0.330. The fourth-order valence-electron chi connectivity index (χ4n) is 1.42. The second kappa shape index (κ2) is 3.58. The van der Waals surface area contributed by atoms with Crippen molar-refractivity contribution in [2.45, 2.75) is 24.9 Å². The number of hydrogen-bond donors (Lipinski definition) is 2. The van der Waals surface area contributed by atoms with E-state index in [4.69, 9.17) is 5.11 Å². The van der Waals surface area contributed by atoms with E-state index in [9.17, 15) is 9.18 Å². The van der Waals surface area contributed by atoms with E-state index in [1.807, 2.05) is 0 Å². The molecule has 0 aliphatic heterocycles. The predicted octanol–water partition coefficient (Wildman–Crippen LogP) is 0.927. The molecule has 1 aromatic heterocycles. The Labute approximate surface area is 86.1 Å². The Morgan fingerprint density at radius 3 is 2.87 bits per heavy atom. The summed E-state index contributed by atoms with van der Waals surface area (Å²) in [5.74, 6) is -1.25. The number of nitrogens with one attached hydrogen (secondary N) is 1. The first-order valence-electron chi connectivity index (χ1n) is 4.70. The van der Waals surface area contributed by atoms with E-state index in [1.54, 1.807) is 0 Å². The normalized spacial score (nSPS) is 17.4. The van der Waals surface area contributed by atoms with Crippen molar-refractivity contribution in [2.24, 2.45) is 0 Å². The van der Waals surface area contributed by atoms with Crippen LogP contribution in [0.25, 0.3) is 0 Å². The first kappa shape index (κ1) is 10.0. The van der Waals surface area contributed by atoms with Gasteiger partial charge in [0.2, 0.25) is 0 Å². The van der Waals surface area contributed by atoms with Gasteiger partial charge in [-0.1, -0.05) is 0 Å². The largest absolute Gasteiger partial charge is 0.480 e. The fraction of sp³-hybridized carbons (Fsp3) is 0.400. The van der Waals surface area contributed by atoms with Gasteiger partial charge >= 0.3 is 5.97 Å². The lowest BCUT2D eigenvalue weighted by Crippen LogP contribution is -2.38. The second-order valence-corrected chi connectivity index (χ2v) is 3.75. The van der Waals surface area contributed by atoms with Crippen LogP contribution in [0.3, 0.4) is 0 Å². The van der Waals surface area contributed by atoms with Crippen molar-refractivity contribution in [3.05, 3.63) is 29.8 Å². The summed E-state index contributed by atoms with van der Waals surface area (Å²) in [6, 6.07) is 1.35. The van der Waals surface area contributed by atoms with Crippen LogP contribution in [-0.4, -0.2) is 21.6 Å². The van der Waals surface area contributed by atoms with Gasteiger partial charge in [-0.25, -0.2) is 4.39 Å². The van der Waals surface area contributed by atoms with E-state index in [0.717, 1.165) is 6.20 Å². The summed E-state index contributed by atoms with van der Waals surface area (Å²) in [4.78, 5) is 14.5. The van der Waals surface area contributed by atoms with Gasteiger partial charge in [-0.3, -0.25) is 15.1 Å². The van der Waals surface area contributed by atoms with Gasteiger partial charge in [-0.15, -0.1) is 0 Å². The Morgan fingerprint density at radius 1 is 1.60 bits per heavy atom. The molecule has 1 fully saturated rings. The summed E-state index contributed by atoms with van der Waals surface area (Å²) in [6.07, 6.45) is 3.90. The molecule has 0 unspecified atom stereocenters. The lowest BCUT2D eigenvalue weighted by Gasteiger charge is -2.11. The van der Waals surface area contributed by atoms with Crippen LogP contribution in [0.1, 0.15) is 18.4 Å². The van der Waals surface area contributed by atoms with Gasteiger partial charge in [0.25, 0.3) is 0 Å². The number of rotatable bonds is 4. The molecule has 5 heteroatoms. The summed E-state index contributed by atoms with van der Waals surface area (Å²) >= 11 is 0. The molecule has 0 spiro atoms. The highest BCUT2D eigenvalue weighted by molar-refractivity contribution is 5.82. The minimum Gasteiger partial charge on any atom is -0.480 e. The molecular weight excluding hydrogens is 199 g/mol. The second-order valence-electron chi connectivity index (χ2n) is 3.75. The number of carbonyl (C=O) groups is 1. The number of aliphatic carboxylic acids is 1. The van der Waals surface area contributed by atoms with Gasteiger partial charge in [-0.2, -0.15) is 0 Å². The number of hydrogen-bond acceptors (Lipinski definition) is 3. The topological polar surface area (TPSA) is 62.2 Å². The molecular formula is C10H11FN2O2. The van der Waals surface area contributed by atoms with Gasteiger partial charge in [0.15, 0.2) is 0 Å². The van der Waals surface area contributed by atoms with Crippen molar-refractivity contribution in [1.29, 1.82) is 0 Å². The molecule has 1 aromatic rings. The van der Waals surface area contributed by atoms with Crippen LogP contribution in [0.15, 0.2) is 18.5 Å². The van der Waals surface area contributed by atoms with Gasteiger partial charge in [-0.05, 0) is 24.5 Å². The highest BCUT2D eigenvalue weighted by Gasteiger charge is 2.49. The minimum atomic E-state index is -0.841. The maximum absolute atomic E-state index is 12.8. The Kier molecular flexibility index (Phi) is 2.40. The zero-order valence-corrected chi connectivity index (χ0v) is 8.03. The summed E-state index contributed by atoms with van der Waals surface area (Å²) in [5.41, 5.74) is -0.130. The lowest BCUT2D eigenvalue weighted by atomic mass is 10.2. The van der Waals surface area contributed by atoms with Crippen LogP contribution in [0.5, 0.6) is 0 Å². The molecule has 0 atom stereocenters. The predicted molar refractivity (Wildman–Crippen MR) is 50.6 cm³/mol. The van der Waals surface area contributed by atoms with Crippen LogP contribution in [0.2, 0.25) is 0 Å². The summed E-state index contributed by atoms with van der Waals surface area (Å²) in [7, 11) is 0. The molecule has 1 aliphatic rings. The van der Waals surface area contributed by atoms with Crippen molar-refractivity contribution in [3.63, 3.8) is 0 Å². The molecule has 0 radical (unpaired) electrons. The molecule has 4 nitrogen and oxygen atoms in total. The number of aromatic nitrogens is 1. The molecule has 1 saturated carbocycles. The fourth-order valence-corrected chi connectivity index (χ4v) is 1.42. The van der Waals surface area contributed by atoms with Gasteiger partial charge in [0.1, 0.15) is 11.4 Å². The van der Waals surface area contributed by atoms with E-state index in [1.165, 1.54) is 12.3 Å². The minimum absolute atomic E-state index is 0.330. The van der Waals surface area contributed by atoms with E-state index >= 15 is 0 Å². The number of carboxylic acids is 1. The number of pyridine rings is 1. The lowest BCUT2D eigenvalue weighted by molar-refractivity contribution is -0.140. The van der Waals surface area contributed by atoms with Crippen molar-refractivity contribution in [3.8, 4) is 0 Å². The smallest absolute Gasteiger partial charge is 0.323 e. The van der Waals surface area contributed by atoms with Crippen LogP contribution in [0, 0.1) is 5.82 Å². The van der Waals surface area contributed by atoms with Gasteiger partial charge in [0, 0.05) is 12.7 Å². The van der Waals surface area contributed by atoms with Crippen LogP contribution < -0.4 is 5.32 Å². The number of halogens is 1. The van der Waals surface area contributed by atoms with E-state index in [0.29, 0.717) is 24.9 Å². The molecule has 15 heavy (non-hydrogen) atoms. The average molecular weight is 210 g/mol. The monoisotopic (exact) mass is 210 g/mol. The molecule has 2 N–H and O–H groups in total. The first-order chi connectivity index (χ1) is 7.12. The number of carboxylic acid groups (broad SMARTS) is 1. The number of nitrogens with zero attached hydrogens (tertiary/aromatic N) is 1. The average Bonchev–Trinajstić information content (AvgIpc) is 2.96. The molecule has 0 aromatic carbocycles. The van der Waals surface area contributed by atoms with E-state index in [2.05, 4.69) is 10.3 Å². The first-order valence-corrected chi connectivity index (χ1v) is 4.70. The molecule has 1 aliphatic carbocycles. The quantitative estimate of drug-likeness (QED) is 0.776.